The summed E-state index contributed by atoms with van der Waals surface area (Å²) < 4.78 is 7.69. The average Bonchev–Trinajstić information content (AvgIpc) is 2.37. The molecule has 0 aromatic heterocycles. The van der Waals surface area contributed by atoms with E-state index >= 15 is 0 Å². The lowest BCUT2D eigenvalue weighted by Gasteiger charge is -2.09. The summed E-state index contributed by atoms with van der Waals surface area (Å²) in [6.45, 7) is 1.11. The number of anilines is 1. The van der Waals surface area contributed by atoms with E-state index in [0.29, 0.717) is 13.2 Å². The van der Waals surface area contributed by atoms with Gasteiger partial charge in [-0.2, -0.15) is 0 Å². The Bertz CT molecular complexity index is 543. The van der Waals surface area contributed by atoms with Crippen LogP contribution >= 0.6 is 31.9 Å². The first-order valence-electron chi connectivity index (χ1n) is 5.52. The molecule has 0 amide bonds. The van der Waals surface area contributed by atoms with Crippen molar-refractivity contribution in [2.75, 3.05) is 5.73 Å². The molecule has 0 fully saturated rings. The molecular weight excluding hydrogens is 358 g/mol. The summed E-state index contributed by atoms with van der Waals surface area (Å²) >= 11 is 6.97. The highest BCUT2D eigenvalue weighted by Crippen LogP contribution is 2.25. The number of benzene rings is 2. The lowest BCUT2D eigenvalue weighted by Crippen LogP contribution is -1.97. The maximum atomic E-state index is 5.82. The van der Waals surface area contributed by atoms with E-state index in [1.165, 1.54) is 0 Å². The second-order valence-corrected chi connectivity index (χ2v) is 5.55. The van der Waals surface area contributed by atoms with Crippen LogP contribution in [0, 0.1) is 0 Å². The van der Waals surface area contributed by atoms with Crippen molar-refractivity contribution >= 4 is 37.5 Å². The van der Waals surface area contributed by atoms with Crippen molar-refractivity contribution in [3.63, 3.8) is 0 Å². The van der Waals surface area contributed by atoms with Crippen molar-refractivity contribution < 1.29 is 4.74 Å². The molecule has 0 spiro atoms. The fourth-order valence-electron chi connectivity index (χ4n) is 1.60. The fraction of sp³-hybridized carbons (Fsp3) is 0.143. The zero-order chi connectivity index (χ0) is 13.0. The summed E-state index contributed by atoms with van der Waals surface area (Å²) in [7, 11) is 0. The molecule has 0 aliphatic carbocycles. The van der Waals surface area contributed by atoms with Gasteiger partial charge in [0.15, 0.2) is 0 Å². The summed E-state index contributed by atoms with van der Waals surface area (Å²) in [4.78, 5) is 0. The van der Waals surface area contributed by atoms with E-state index in [1.807, 2.05) is 42.5 Å². The van der Waals surface area contributed by atoms with Crippen LogP contribution in [0.3, 0.4) is 0 Å². The van der Waals surface area contributed by atoms with E-state index in [0.717, 1.165) is 25.8 Å². The lowest BCUT2D eigenvalue weighted by atomic mass is 10.2. The molecule has 0 atom stereocenters. The number of hydrogen-bond acceptors (Lipinski definition) is 2. The molecule has 18 heavy (non-hydrogen) atoms. The van der Waals surface area contributed by atoms with Crippen LogP contribution in [-0.4, -0.2) is 0 Å². The first-order valence-corrected chi connectivity index (χ1v) is 7.11. The quantitative estimate of drug-likeness (QED) is 0.803. The summed E-state index contributed by atoms with van der Waals surface area (Å²) in [6.07, 6.45) is 0. The van der Waals surface area contributed by atoms with Crippen molar-refractivity contribution in [1.29, 1.82) is 0 Å². The van der Waals surface area contributed by atoms with E-state index in [2.05, 4.69) is 31.9 Å². The molecule has 0 saturated carbocycles. The second-order valence-electron chi connectivity index (χ2n) is 3.90. The monoisotopic (exact) mass is 369 g/mol. The number of hydrogen-bond donors (Lipinski definition) is 1. The highest BCUT2D eigenvalue weighted by atomic mass is 79.9. The van der Waals surface area contributed by atoms with Crippen molar-refractivity contribution in [3.8, 4) is 0 Å². The van der Waals surface area contributed by atoms with Gasteiger partial charge in [-0.1, -0.05) is 46.3 Å². The predicted octanol–water partition coefficient (Wildman–Crippen LogP) is 4.51. The smallest absolute Gasteiger partial charge is 0.0733 e. The van der Waals surface area contributed by atoms with Crippen LogP contribution in [0.1, 0.15) is 11.1 Å². The Morgan fingerprint density at radius 3 is 2.33 bits per heavy atom. The molecule has 94 valence electrons. The summed E-state index contributed by atoms with van der Waals surface area (Å²) in [5.74, 6) is 0. The third-order valence-corrected chi connectivity index (χ3v) is 4.32. The zero-order valence-corrected chi connectivity index (χ0v) is 12.9. The van der Waals surface area contributed by atoms with Gasteiger partial charge in [-0.25, -0.2) is 0 Å². The molecule has 0 aliphatic rings. The van der Waals surface area contributed by atoms with Gasteiger partial charge >= 0.3 is 0 Å². The molecule has 2 nitrogen and oxygen atoms in total. The van der Waals surface area contributed by atoms with Crippen molar-refractivity contribution in [3.05, 3.63) is 62.5 Å². The van der Waals surface area contributed by atoms with Crippen molar-refractivity contribution in [2.24, 2.45) is 0 Å². The van der Waals surface area contributed by atoms with Gasteiger partial charge in [0.05, 0.1) is 13.2 Å². The van der Waals surface area contributed by atoms with Crippen molar-refractivity contribution in [2.45, 2.75) is 13.2 Å². The highest BCUT2D eigenvalue weighted by molar-refractivity contribution is 9.11. The third-order valence-electron chi connectivity index (χ3n) is 2.58. The minimum atomic E-state index is 0.535. The van der Waals surface area contributed by atoms with Gasteiger partial charge in [-0.3, -0.25) is 0 Å². The van der Waals surface area contributed by atoms with Gasteiger partial charge in [-0.15, -0.1) is 0 Å². The second kappa shape index (κ2) is 6.36. The van der Waals surface area contributed by atoms with Crippen LogP contribution < -0.4 is 5.73 Å². The van der Waals surface area contributed by atoms with Crippen LogP contribution in [0.25, 0.3) is 0 Å². The van der Waals surface area contributed by atoms with E-state index in [9.17, 15) is 0 Å². The van der Waals surface area contributed by atoms with Gasteiger partial charge in [-0.05, 0) is 39.2 Å². The van der Waals surface area contributed by atoms with Gasteiger partial charge in [0.25, 0.3) is 0 Å². The number of rotatable bonds is 4. The van der Waals surface area contributed by atoms with Crippen LogP contribution in [0.15, 0.2) is 51.4 Å². The first-order chi connectivity index (χ1) is 8.68. The lowest BCUT2D eigenvalue weighted by molar-refractivity contribution is 0.106. The molecule has 2 N–H and O–H groups in total. The maximum Gasteiger partial charge on any atom is 0.0733 e. The Hall–Kier alpha value is -0.840. The largest absolute Gasteiger partial charge is 0.398 e. The Morgan fingerprint density at radius 2 is 1.56 bits per heavy atom. The van der Waals surface area contributed by atoms with Crippen LogP contribution in [-0.2, 0) is 18.0 Å². The number of nitrogens with two attached hydrogens (primary N) is 1. The molecule has 0 unspecified atom stereocenters. The molecule has 2 aromatic rings. The fourth-order valence-corrected chi connectivity index (χ4v) is 2.38. The van der Waals surface area contributed by atoms with Crippen LogP contribution in [0.5, 0.6) is 0 Å². The minimum absolute atomic E-state index is 0.535. The zero-order valence-electron chi connectivity index (χ0n) is 9.70. The van der Waals surface area contributed by atoms with Gasteiger partial charge in [0.2, 0.25) is 0 Å². The van der Waals surface area contributed by atoms with E-state index in [1.54, 1.807) is 0 Å². The number of nitrogen functional groups attached to an aromatic ring is 1. The molecule has 0 saturated heterocycles. The molecule has 2 aromatic carbocycles. The van der Waals surface area contributed by atoms with E-state index < -0.39 is 0 Å². The third kappa shape index (κ3) is 3.34. The summed E-state index contributed by atoms with van der Waals surface area (Å²) in [6, 6.07) is 13.8. The van der Waals surface area contributed by atoms with E-state index in [4.69, 9.17) is 10.5 Å². The Kier molecular flexibility index (Phi) is 4.80. The Morgan fingerprint density at radius 1 is 0.889 bits per heavy atom. The molecule has 4 heteroatoms. The van der Waals surface area contributed by atoms with Gasteiger partial charge in [0, 0.05) is 14.6 Å². The summed E-state index contributed by atoms with van der Waals surface area (Å²) in [5, 5.41) is 0. The first kappa shape index (κ1) is 13.6. The molecular formula is C14H13Br2NO. The van der Waals surface area contributed by atoms with Crippen LogP contribution in [0.2, 0.25) is 0 Å². The number of halogens is 2. The van der Waals surface area contributed by atoms with Gasteiger partial charge in [0.1, 0.15) is 0 Å². The summed E-state index contributed by atoms with van der Waals surface area (Å²) in [5.41, 5.74) is 8.75. The standard InChI is InChI=1S/C14H13Br2NO/c15-12-6-2-1-4-10(12)8-18-9-11-5-3-7-13(17)14(11)16/h1-7H,8-9,17H2. The van der Waals surface area contributed by atoms with Gasteiger partial charge < -0.3 is 10.5 Å². The average molecular weight is 371 g/mol. The molecule has 0 heterocycles. The molecule has 0 bridgehead atoms. The van der Waals surface area contributed by atoms with E-state index in [-0.39, 0.29) is 0 Å². The predicted molar refractivity (Wildman–Crippen MR) is 81.2 cm³/mol. The topological polar surface area (TPSA) is 35.2 Å². The molecule has 0 aliphatic heterocycles. The Labute approximate surface area is 123 Å². The number of ether oxygens (including phenoxy) is 1. The molecule has 0 radical (unpaired) electrons. The SMILES string of the molecule is Nc1cccc(COCc2ccccc2Br)c1Br. The van der Waals surface area contributed by atoms with Crippen molar-refractivity contribution in [1.82, 2.24) is 0 Å². The van der Waals surface area contributed by atoms with Crippen LogP contribution in [0.4, 0.5) is 5.69 Å². The highest BCUT2D eigenvalue weighted by Gasteiger charge is 2.04. The normalized spacial score (nSPS) is 10.6. The molecule has 2 rings (SSSR count). The Balaban J connectivity index is 1.97. The maximum absolute atomic E-state index is 5.82. The minimum Gasteiger partial charge on any atom is -0.398 e.